The van der Waals surface area contributed by atoms with Gasteiger partial charge < -0.3 is 20.6 Å². The molecule has 1 aliphatic carbocycles. The zero-order valence-corrected chi connectivity index (χ0v) is 26.2. The van der Waals surface area contributed by atoms with Crippen molar-refractivity contribution in [3.05, 3.63) is 64.7 Å². The summed E-state index contributed by atoms with van der Waals surface area (Å²) in [5, 5.41) is 16.0. The van der Waals surface area contributed by atoms with Crippen molar-refractivity contribution in [2.45, 2.75) is 90.4 Å². The third-order valence-corrected chi connectivity index (χ3v) is 8.97. The molecule has 1 saturated heterocycles. The van der Waals surface area contributed by atoms with Gasteiger partial charge in [-0.1, -0.05) is 55.6 Å². The fourth-order valence-corrected chi connectivity index (χ4v) is 6.47. The first-order chi connectivity index (χ1) is 21.0. The Morgan fingerprint density at radius 1 is 1.05 bits per heavy atom. The number of rotatable bonds is 12. The third-order valence-electron chi connectivity index (χ3n) is 8.72. The van der Waals surface area contributed by atoms with E-state index in [1.54, 1.807) is 65.3 Å². The van der Waals surface area contributed by atoms with Crippen LogP contribution in [0.1, 0.15) is 83.0 Å². The zero-order chi connectivity index (χ0) is 32.0. The van der Waals surface area contributed by atoms with Crippen LogP contribution in [0.4, 0.5) is 5.69 Å². The molecule has 3 N–H and O–H groups in total. The Balaban J connectivity index is 1.54. The van der Waals surface area contributed by atoms with Crippen LogP contribution >= 0.6 is 11.6 Å². The molecule has 11 heteroatoms. The van der Waals surface area contributed by atoms with Crippen molar-refractivity contribution in [3.63, 3.8) is 0 Å². The molecule has 1 aliphatic heterocycles. The second-order valence-corrected chi connectivity index (χ2v) is 12.3. The highest BCUT2D eigenvalue weighted by Gasteiger charge is 2.47. The van der Waals surface area contributed by atoms with E-state index < -0.39 is 29.6 Å². The molecule has 0 radical (unpaired) electrons. The lowest BCUT2D eigenvalue weighted by molar-refractivity contribution is -0.144. The quantitative estimate of drug-likeness (QED) is 0.316. The number of benzene rings is 2. The lowest BCUT2D eigenvalue weighted by Crippen LogP contribution is -2.49. The van der Waals surface area contributed by atoms with Crippen LogP contribution in [0, 0.1) is 5.41 Å². The highest BCUT2D eigenvalue weighted by molar-refractivity contribution is 6.30. The number of aliphatic carboxylic acids is 1. The molecule has 3 atom stereocenters. The Bertz CT molecular complexity index is 1370. The van der Waals surface area contributed by atoms with Gasteiger partial charge in [-0.3, -0.25) is 24.1 Å². The maximum atomic E-state index is 13.6. The number of nitrogens with one attached hydrogen (secondary N) is 2. The summed E-state index contributed by atoms with van der Waals surface area (Å²) in [6.07, 6.45) is 3.84. The Labute approximate surface area is 263 Å². The molecule has 0 spiro atoms. The van der Waals surface area contributed by atoms with E-state index in [1.807, 2.05) is 6.92 Å². The van der Waals surface area contributed by atoms with Crippen molar-refractivity contribution >= 4 is 46.9 Å². The standard InChI is InChI=1S/C33H41ClN4O6/c1-4-7-28(40)37-21(2)30(41)38(29(37)24-10-12-25(34)13-11-24)26-14-8-23(9-15-26)20-27(31(42)43)36-32(44)33(16-5-6-17-33)18-19-35-22(3)39/h8-15,21,27,29H,4-7,16-20H2,1-3H3,(H,35,39)(H,36,44)(H,42,43)/t21-,27?,29?/m1/s1. The molecule has 0 aromatic heterocycles. The fourth-order valence-electron chi connectivity index (χ4n) is 6.35. The van der Waals surface area contributed by atoms with Gasteiger partial charge in [-0.05, 0) is 68.0 Å². The summed E-state index contributed by atoms with van der Waals surface area (Å²) in [7, 11) is 0. The van der Waals surface area contributed by atoms with Gasteiger partial charge in [0, 0.05) is 37.0 Å². The van der Waals surface area contributed by atoms with Crippen molar-refractivity contribution < 1.29 is 29.1 Å². The summed E-state index contributed by atoms with van der Waals surface area (Å²) in [4.78, 5) is 66.9. The number of carbonyl (C=O) groups excluding carboxylic acids is 4. The Kier molecular flexibility index (Phi) is 10.7. The molecule has 236 valence electrons. The average Bonchev–Trinajstić information content (AvgIpc) is 3.57. The lowest BCUT2D eigenvalue weighted by Gasteiger charge is -2.31. The van der Waals surface area contributed by atoms with Gasteiger partial charge >= 0.3 is 5.97 Å². The highest BCUT2D eigenvalue weighted by Crippen LogP contribution is 2.42. The number of hydrogen-bond donors (Lipinski definition) is 3. The summed E-state index contributed by atoms with van der Waals surface area (Å²) in [6, 6.07) is 12.2. The molecule has 4 amide bonds. The molecule has 2 aliphatic rings. The molecule has 2 aromatic carbocycles. The Morgan fingerprint density at radius 3 is 2.25 bits per heavy atom. The van der Waals surface area contributed by atoms with Crippen LogP contribution in [0.3, 0.4) is 0 Å². The van der Waals surface area contributed by atoms with Crippen LogP contribution in [0.5, 0.6) is 0 Å². The van der Waals surface area contributed by atoms with E-state index in [9.17, 15) is 29.1 Å². The van der Waals surface area contributed by atoms with Gasteiger partial charge in [-0.15, -0.1) is 0 Å². The minimum atomic E-state index is -1.15. The summed E-state index contributed by atoms with van der Waals surface area (Å²) >= 11 is 6.12. The van der Waals surface area contributed by atoms with Crippen LogP contribution in [-0.2, 0) is 30.4 Å². The van der Waals surface area contributed by atoms with E-state index >= 15 is 0 Å². The number of halogens is 1. The van der Waals surface area contributed by atoms with Crippen molar-refractivity contribution in [1.29, 1.82) is 0 Å². The average molecular weight is 625 g/mol. The monoisotopic (exact) mass is 624 g/mol. The van der Waals surface area contributed by atoms with Gasteiger partial charge in [0.05, 0.1) is 5.41 Å². The fraction of sp³-hybridized carbons (Fsp3) is 0.485. The predicted octanol–water partition coefficient (Wildman–Crippen LogP) is 4.60. The minimum absolute atomic E-state index is 0.0508. The highest BCUT2D eigenvalue weighted by atomic mass is 35.5. The number of carbonyl (C=O) groups is 5. The molecular weight excluding hydrogens is 584 g/mol. The molecule has 2 unspecified atom stereocenters. The van der Waals surface area contributed by atoms with Gasteiger partial charge in [0.2, 0.25) is 17.7 Å². The first-order valence-corrected chi connectivity index (χ1v) is 15.6. The largest absolute Gasteiger partial charge is 0.480 e. The van der Waals surface area contributed by atoms with Crippen molar-refractivity contribution in [1.82, 2.24) is 15.5 Å². The van der Waals surface area contributed by atoms with E-state index in [4.69, 9.17) is 11.6 Å². The number of carboxylic acid groups (broad SMARTS) is 1. The summed E-state index contributed by atoms with van der Waals surface area (Å²) in [5.74, 6) is -1.96. The van der Waals surface area contributed by atoms with E-state index in [-0.39, 0.29) is 30.0 Å². The van der Waals surface area contributed by atoms with Crippen LogP contribution in [0.15, 0.2) is 48.5 Å². The SMILES string of the molecule is CCCC(=O)N1C(c2ccc(Cl)cc2)N(c2ccc(CC(NC(=O)C3(CCNC(C)=O)CCCC3)C(=O)O)cc2)C(=O)[C@H]1C. The number of carboxylic acids is 1. The maximum absolute atomic E-state index is 13.6. The number of hydrogen-bond acceptors (Lipinski definition) is 5. The maximum Gasteiger partial charge on any atom is 0.326 e. The van der Waals surface area contributed by atoms with E-state index in [1.165, 1.54) is 6.92 Å². The molecule has 2 fully saturated rings. The lowest BCUT2D eigenvalue weighted by atomic mass is 9.81. The van der Waals surface area contributed by atoms with E-state index in [0.717, 1.165) is 18.4 Å². The van der Waals surface area contributed by atoms with Crippen molar-refractivity contribution in [2.75, 3.05) is 11.4 Å². The smallest absolute Gasteiger partial charge is 0.326 e. The summed E-state index contributed by atoms with van der Waals surface area (Å²) < 4.78 is 0. The summed E-state index contributed by atoms with van der Waals surface area (Å²) in [5.41, 5.74) is 1.27. The minimum Gasteiger partial charge on any atom is -0.480 e. The summed E-state index contributed by atoms with van der Waals surface area (Å²) in [6.45, 7) is 5.42. The van der Waals surface area contributed by atoms with Gasteiger partial charge in [0.25, 0.3) is 5.91 Å². The third kappa shape index (κ3) is 7.23. The van der Waals surface area contributed by atoms with Crippen LogP contribution in [0.25, 0.3) is 0 Å². The number of anilines is 1. The van der Waals surface area contributed by atoms with Crippen LogP contribution in [-0.4, -0.2) is 58.2 Å². The van der Waals surface area contributed by atoms with Gasteiger partial charge in [0.15, 0.2) is 0 Å². The van der Waals surface area contributed by atoms with Crippen molar-refractivity contribution in [3.8, 4) is 0 Å². The first kappa shape index (κ1) is 33.0. The Morgan fingerprint density at radius 2 is 1.68 bits per heavy atom. The second kappa shape index (κ2) is 14.2. The molecule has 1 heterocycles. The zero-order valence-electron chi connectivity index (χ0n) is 25.5. The molecule has 1 saturated carbocycles. The van der Waals surface area contributed by atoms with Crippen LogP contribution in [0.2, 0.25) is 5.02 Å². The van der Waals surface area contributed by atoms with E-state index in [2.05, 4.69) is 10.6 Å². The van der Waals surface area contributed by atoms with Gasteiger partial charge in [0.1, 0.15) is 18.2 Å². The number of nitrogens with zero attached hydrogens (tertiary/aromatic N) is 2. The molecule has 2 aromatic rings. The predicted molar refractivity (Wildman–Crippen MR) is 167 cm³/mol. The first-order valence-electron chi connectivity index (χ1n) is 15.2. The number of amides is 4. The molecule has 0 bridgehead atoms. The van der Waals surface area contributed by atoms with Gasteiger partial charge in [-0.2, -0.15) is 0 Å². The van der Waals surface area contributed by atoms with Gasteiger partial charge in [-0.25, -0.2) is 4.79 Å². The Hall–Kier alpha value is -3.92. The molecular formula is C33H41ClN4O6. The van der Waals surface area contributed by atoms with E-state index in [0.29, 0.717) is 54.9 Å². The topological polar surface area (TPSA) is 136 Å². The van der Waals surface area contributed by atoms with Crippen molar-refractivity contribution in [2.24, 2.45) is 5.41 Å². The van der Waals surface area contributed by atoms with Crippen LogP contribution < -0.4 is 15.5 Å². The molecule has 4 rings (SSSR count). The second-order valence-electron chi connectivity index (χ2n) is 11.8. The molecule has 10 nitrogen and oxygen atoms in total. The molecule has 44 heavy (non-hydrogen) atoms. The normalized spacial score (nSPS) is 20.0.